The monoisotopic (exact) mass is 304 g/mol. The molecule has 1 aliphatic heterocycles. The van der Waals surface area contributed by atoms with Gasteiger partial charge in [0.2, 0.25) is 0 Å². The van der Waals surface area contributed by atoms with Crippen LogP contribution in [0.25, 0.3) is 0 Å². The van der Waals surface area contributed by atoms with Gasteiger partial charge in [0, 0.05) is 20.2 Å². The quantitative estimate of drug-likeness (QED) is 0.904. The molecule has 0 aromatic heterocycles. The number of hydrogen-bond donors (Lipinski definition) is 1. The Morgan fingerprint density at radius 3 is 2.68 bits per heavy atom. The molecule has 2 unspecified atom stereocenters. The number of carbonyl (C=O) groups excluding carboxylic acids is 1. The number of hydrogen-bond acceptors (Lipinski definition) is 2. The van der Waals surface area contributed by atoms with Crippen LogP contribution in [0.1, 0.15) is 50.3 Å². The number of nitrogens with zero attached hydrogens (tertiary/aromatic N) is 1. The SMILES string of the molecule is CCc1ccc(C(C)NC(=O)N(C)CC2CCCCO2)cc1. The van der Waals surface area contributed by atoms with Crippen molar-refractivity contribution in [3.8, 4) is 0 Å². The molecule has 0 spiro atoms. The third-order valence-corrected chi connectivity index (χ3v) is 4.33. The Balaban J connectivity index is 1.83. The first kappa shape index (κ1) is 16.8. The van der Waals surface area contributed by atoms with Crippen LogP contribution in [0.2, 0.25) is 0 Å². The van der Waals surface area contributed by atoms with E-state index in [9.17, 15) is 4.79 Å². The van der Waals surface area contributed by atoms with E-state index in [1.165, 1.54) is 12.0 Å². The minimum absolute atomic E-state index is 0.00753. The van der Waals surface area contributed by atoms with E-state index in [1.807, 2.05) is 14.0 Å². The number of amides is 2. The first-order chi connectivity index (χ1) is 10.6. The van der Waals surface area contributed by atoms with Crippen molar-refractivity contribution in [2.75, 3.05) is 20.2 Å². The lowest BCUT2D eigenvalue weighted by molar-refractivity contribution is 0.00374. The zero-order chi connectivity index (χ0) is 15.9. The first-order valence-electron chi connectivity index (χ1n) is 8.32. The Kier molecular flexibility index (Phi) is 6.25. The van der Waals surface area contributed by atoms with Gasteiger partial charge < -0.3 is 15.0 Å². The van der Waals surface area contributed by atoms with E-state index in [4.69, 9.17) is 4.74 Å². The summed E-state index contributed by atoms with van der Waals surface area (Å²) < 4.78 is 5.69. The summed E-state index contributed by atoms with van der Waals surface area (Å²) in [4.78, 5) is 14.0. The van der Waals surface area contributed by atoms with E-state index in [2.05, 4.69) is 36.5 Å². The number of likely N-dealkylation sites (N-methyl/N-ethyl adjacent to an activating group) is 1. The van der Waals surface area contributed by atoms with Gasteiger partial charge in [0.05, 0.1) is 12.1 Å². The maximum atomic E-state index is 12.3. The molecule has 2 atom stereocenters. The fourth-order valence-corrected chi connectivity index (χ4v) is 2.76. The third kappa shape index (κ3) is 4.73. The number of nitrogens with one attached hydrogen (secondary N) is 1. The topological polar surface area (TPSA) is 41.6 Å². The lowest BCUT2D eigenvalue weighted by Crippen LogP contribution is -2.43. The van der Waals surface area contributed by atoms with Crippen molar-refractivity contribution in [2.24, 2.45) is 0 Å². The molecule has 1 aromatic rings. The smallest absolute Gasteiger partial charge is 0.317 e. The minimum atomic E-state index is -0.0405. The summed E-state index contributed by atoms with van der Waals surface area (Å²) in [5.74, 6) is 0. The van der Waals surface area contributed by atoms with Gasteiger partial charge in [-0.05, 0) is 43.7 Å². The molecule has 0 radical (unpaired) electrons. The summed E-state index contributed by atoms with van der Waals surface area (Å²) in [7, 11) is 1.83. The van der Waals surface area contributed by atoms with E-state index >= 15 is 0 Å². The number of aryl methyl sites for hydroxylation is 1. The van der Waals surface area contributed by atoms with E-state index in [-0.39, 0.29) is 18.2 Å². The van der Waals surface area contributed by atoms with Crippen molar-refractivity contribution in [1.82, 2.24) is 10.2 Å². The van der Waals surface area contributed by atoms with Gasteiger partial charge in [-0.3, -0.25) is 0 Å². The highest BCUT2D eigenvalue weighted by molar-refractivity contribution is 5.74. The van der Waals surface area contributed by atoms with Crippen LogP contribution in [0, 0.1) is 0 Å². The maximum Gasteiger partial charge on any atom is 0.317 e. The second-order valence-corrected chi connectivity index (χ2v) is 6.14. The minimum Gasteiger partial charge on any atom is -0.376 e. The number of rotatable bonds is 5. The second kappa shape index (κ2) is 8.18. The number of urea groups is 1. The van der Waals surface area contributed by atoms with Crippen LogP contribution >= 0.6 is 0 Å². The summed E-state index contributed by atoms with van der Waals surface area (Å²) in [6.07, 6.45) is 4.59. The highest BCUT2D eigenvalue weighted by Crippen LogP contribution is 2.16. The van der Waals surface area contributed by atoms with Gasteiger partial charge in [0.1, 0.15) is 0 Å². The Morgan fingerprint density at radius 2 is 2.09 bits per heavy atom. The standard InChI is InChI=1S/C18H28N2O2/c1-4-15-8-10-16(11-9-15)14(2)19-18(21)20(3)13-17-7-5-6-12-22-17/h8-11,14,17H,4-7,12-13H2,1-3H3,(H,19,21). The van der Waals surface area contributed by atoms with E-state index in [1.54, 1.807) is 4.90 Å². The van der Waals surface area contributed by atoms with E-state index in [0.717, 1.165) is 31.4 Å². The average molecular weight is 304 g/mol. The highest BCUT2D eigenvalue weighted by Gasteiger charge is 2.20. The Labute approximate surface area is 133 Å². The van der Waals surface area contributed by atoms with Gasteiger partial charge in [-0.2, -0.15) is 0 Å². The molecule has 1 saturated heterocycles. The predicted molar refractivity (Wildman–Crippen MR) is 89.0 cm³/mol. The summed E-state index contributed by atoms with van der Waals surface area (Å²) in [6.45, 7) is 5.64. The number of benzene rings is 1. The van der Waals surface area contributed by atoms with Crippen LogP contribution in [-0.4, -0.2) is 37.2 Å². The van der Waals surface area contributed by atoms with Crippen molar-refractivity contribution in [2.45, 2.75) is 51.7 Å². The van der Waals surface area contributed by atoms with Gasteiger partial charge in [-0.25, -0.2) is 4.79 Å². The normalized spacial score (nSPS) is 19.5. The first-order valence-corrected chi connectivity index (χ1v) is 8.32. The van der Waals surface area contributed by atoms with Crippen LogP contribution in [0.3, 0.4) is 0 Å². The number of carbonyl (C=O) groups is 1. The average Bonchev–Trinajstić information content (AvgIpc) is 2.55. The van der Waals surface area contributed by atoms with Crippen LogP contribution in [0.5, 0.6) is 0 Å². The van der Waals surface area contributed by atoms with Crippen molar-refractivity contribution < 1.29 is 9.53 Å². The summed E-state index contributed by atoms with van der Waals surface area (Å²) in [6, 6.07) is 8.39. The van der Waals surface area contributed by atoms with Crippen molar-refractivity contribution in [1.29, 1.82) is 0 Å². The Bertz CT molecular complexity index is 466. The van der Waals surface area contributed by atoms with Crippen molar-refractivity contribution >= 4 is 6.03 Å². The van der Waals surface area contributed by atoms with Crippen LogP contribution in [0.4, 0.5) is 4.79 Å². The molecule has 0 aliphatic carbocycles. The lowest BCUT2D eigenvalue weighted by atomic mass is 10.1. The molecule has 1 aromatic carbocycles. The molecule has 1 N–H and O–H groups in total. The molecule has 1 fully saturated rings. The summed E-state index contributed by atoms with van der Waals surface area (Å²) >= 11 is 0. The Hall–Kier alpha value is -1.55. The molecule has 122 valence electrons. The maximum absolute atomic E-state index is 12.3. The molecular weight excluding hydrogens is 276 g/mol. The van der Waals surface area contributed by atoms with Crippen molar-refractivity contribution in [3.05, 3.63) is 35.4 Å². The van der Waals surface area contributed by atoms with Gasteiger partial charge >= 0.3 is 6.03 Å². The molecule has 0 saturated carbocycles. The van der Waals surface area contributed by atoms with Gasteiger partial charge in [0.25, 0.3) is 0 Å². The zero-order valence-electron chi connectivity index (χ0n) is 14.0. The zero-order valence-corrected chi connectivity index (χ0v) is 14.0. The van der Waals surface area contributed by atoms with Crippen LogP contribution < -0.4 is 5.32 Å². The van der Waals surface area contributed by atoms with Crippen molar-refractivity contribution in [3.63, 3.8) is 0 Å². The Morgan fingerprint density at radius 1 is 1.36 bits per heavy atom. The molecule has 1 aliphatic rings. The molecule has 1 heterocycles. The molecule has 4 heteroatoms. The second-order valence-electron chi connectivity index (χ2n) is 6.14. The molecule has 0 bridgehead atoms. The van der Waals surface area contributed by atoms with E-state index in [0.29, 0.717) is 6.54 Å². The van der Waals surface area contributed by atoms with Gasteiger partial charge in [-0.15, -0.1) is 0 Å². The molecule has 4 nitrogen and oxygen atoms in total. The fraction of sp³-hybridized carbons (Fsp3) is 0.611. The fourth-order valence-electron chi connectivity index (χ4n) is 2.76. The molecular formula is C18H28N2O2. The number of ether oxygens (including phenoxy) is 1. The van der Waals surface area contributed by atoms with Crippen LogP contribution in [-0.2, 0) is 11.2 Å². The largest absolute Gasteiger partial charge is 0.376 e. The van der Waals surface area contributed by atoms with E-state index < -0.39 is 0 Å². The molecule has 2 rings (SSSR count). The lowest BCUT2D eigenvalue weighted by Gasteiger charge is -2.28. The highest BCUT2D eigenvalue weighted by atomic mass is 16.5. The van der Waals surface area contributed by atoms with Gasteiger partial charge in [0.15, 0.2) is 0 Å². The molecule has 2 amide bonds. The summed E-state index contributed by atoms with van der Waals surface area (Å²) in [5.41, 5.74) is 2.45. The summed E-state index contributed by atoms with van der Waals surface area (Å²) in [5, 5.41) is 3.05. The third-order valence-electron chi connectivity index (χ3n) is 4.33. The predicted octanol–water partition coefficient (Wildman–Crippen LogP) is 3.52. The molecule has 22 heavy (non-hydrogen) atoms. The van der Waals surface area contributed by atoms with Crippen LogP contribution in [0.15, 0.2) is 24.3 Å². The van der Waals surface area contributed by atoms with Gasteiger partial charge in [-0.1, -0.05) is 31.2 Å².